The molecule has 8 heteroatoms. The zero-order valence-corrected chi connectivity index (χ0v) is 21.3. The summed E-state index contributed by atoms with van der Waals surface area (Å²) < 4.78 is 2.19. The molecule has 2 aliphatic heterocycles. The van der Waals surface area contributed by atoms with E-state index in [0.717, 1.165) is 42.9 Å². The van der Waals surface area contributed by atoms with Crippen LogP contribution in [0.15, 0.2) is 40.0 Å². The third-order valence-corrected chi connectivity index (χ3v) is 7.96. The number of thioether (sulfide) groups is 1. The van der Waals surface area contributed by atoms with E-state index in [1.54, 1.807) is 16.4 Å². The Bertz CT molecular complexity index is 1250. The number of piperidine rings is 1. The van der Waals surface area contributed by atoms with Gasteiger partial charge in [0, 0.05) is 25.2 Å². The smallest absolute Gasteiger partial charge is 0.270 e. The lowest BCUT2D eigenvalue weighted by Gasteiger charge is -2.35. The van der Waals surface area contributed by atoms with Gasteiger partial charge in [-0.1, -0.05) is 61.2 Å². The normalized spacial score (nSPS) is 18.1. The number of anilines is 1. The van der Waals surface area contributed by atoms with Gasteiger partial charge in [-0.05, 0) is 49.8 Å². The predicted molar refractivity (Wildman–Crippen MR) is 142 cm³/mol. The van der Waals surface area contributed by atoms with E-state index in [1.165, 1.54) is 11.8 Å². The minimum Gasteiger partial charge on any atom is -0.357 e. The quantitative estimate of drug-likeness (QED) is 0.446. The molecule has 2 fully saturated rings. The topological polar surface area (TPSA) is 69.3 Å². The molecule has 3 heterocycles. The van der Waals surface area contributed by atoms with Crippen LogP contribution < -0.4 is 10.5 Å². The predicted octanol–water partition coefficient (Wildman–Crippen LogP) is 4.69. The standard InChI is InChI=1S/C26H28N4O2S2/c1-4-29-23(28-12-10-17(2)11-13-28)20(18(3)21(15-27)24(29)31)14-22-25(32)30(26(33)34-22)16-19-8-6-5-7-9-19/h5-9,14,17H,4,10-13,16H2,1-3H3. The summed E-state index contributed by atoms with van der Waals surface area (Å²) in [5, 5.41) is 9.74. The van der Waals surface area contributed by atoms with E-state index in [4.69, 9.17) is 12.2 Å². The maximum absolute atomic E-state index is 13.3. The van der Waals surface area contributed by atoms with Gasteiger partial charge in [-0.25, -0.2) is 0 Å². The Morgan fingerprint density at radius 2 is 1.88 bits per heavy atom. The average Bonchev–Trinajstić information content (AvgIpc) is 3.09. The fourth-order valence-corrected chi connectivity index (χ4v) is 5.77. The van der Waals surface area contributed by atoms with Crippen molar-refractivity contribution in [3.63, 3.8) is 0 Å². The van der Waals surface area contributed by atoms with E-state index in [-0.39, 0.29) is 17.0 Å². The second-order valence-electron chi connectivity index (χ2n) is 8.82. The molecule has 2 saturated heterocycles. The number of benzene rings is 1. The number of carbonyl (C=O) groups excluding carboxylic acids is 1. The van der Waals surface area contributed by atoms with Crippen LogP contribution in [-0.2, 0) is 17.9 Å². The number of pyridine rings is 1. The van der Waals surface area contributed by atoms with Gasteiger partial charge in [0.05, 0.1) is 11.4 Å². The first-order chi connectivity index (χ1) is 16.3. The summed E-state index contributed by atoms with van der Waals surface area (Å²) in [6, 6.07) is 11.9. The third-order valence-electron chi connectivity index (χ3n) is 6.58. The summed E-state index contributed by atoms with van der Waals surface area (Å²) >= 11 is 6.81. The molecule has 176 valence electrons. The second-order valence-corrected chi connectivity index (χ2v) is 10.5. The first-order valence-corrected chi connectivity index (χ1v) is 12.8. The number of hydrogen-bond donors (Lipinski definition) is 0. The molecular weight excluding hydrogens is 464 g/mol. The molecule has 0 spiro atoms. The van der Waals surface area contributed by atoms with Crippen LogP contribution in [0, 0.1) is 24.2 Å². The highest BCUT2D eigenvalue weighted by Crippen LogP contribution is 2.37. The number of thiocarbonyl (C=S) groups is 1. The largest absolute Gasteiger partial charge is 0.357 e. The van der Waals surface area contributed by atoms with Gasteiger partial charge in [0.25, 0.3) is 11.5 Å². The summed E-state index contributed by atoms with van der Waals surface area (Å²) in [5.41, 5.74) is 2.23. The number of carbonyl (C=O) groups is 1. The van der Waals surface area contributed by atoms with Crippen molar-refractivity contribution in [1.82, 2.24) is 9.47 Å². The minimum absolute atomic E-state index is 0.127. The molecule has 0 N–H and O–H groups in total. The minimum atomic E-state index is -0.273. The van der Waals surface area contributed by atoms with Crippen molar-refractivity contribution in [3.8, 4) is 6.07 Å². The molecule has 2 aliphatic rings. The van der Waals surface area contributed by atoms with Crippen molar-refractivity contribution in [3.05, 3.63) is 67.8 Å². The summed E-state index contributed by atoms with van der Waals surface area (Å²) in [7, 11) is 0. The molecule has 1 aromatic heterocycles. The molecule has 0 bridgehead atoms. The highest BCUT2D eigenvalue weighted by molar-refractivity contribution is 8.26. The maximum atomic E-state index is 13.3. The molecule has 0 radical (unpaired) electrons. The lowest BCUT2D eigenvalue weighted by Crippen LogP contribution is -2.39. The van der Waals surface area contributed by atoms with Crippen molar-refractivity contribution in [2.75, 3.05) is 18.0 Å². The summed E-state index contributed by atoms with van der Waals surface area (Å²) in [6.45, 7) is 8.49. The number of aromatic nitrogens is 1. The first kappa shape index (κ1) is 24.2. The van der Waals surface area contributed by atoms with Crippen LogP contribution in [0.2, 0.25) is 0 Å². The number of nitriles is 1. The van der Waals surface area contributed by atoms with Crippen molar-refractivity contribution in [1.29, 1.82) is 5.26 Å². The number of amides is 1. The zero-order valence-electron chi connectivity index (χ0n) is 19.7. The Morgan fingerprint density at radius 3 is 2.50 bits per heavy atom. The molecular formula is C26H28N4O2S2. The fraction of sp³-hybridized carbons (Fsp3) is 0.385. The lowest BCUT2D eigenvalue weighted by molar-refractivity contribution is -0.122. The molecule has 2 aromatic rings. The SMILES string of the molecule is CCn1c(N2CCC(C)CC2)c(C=C2SC(=S)N(Cc3ccccc3)C2=O)c(C)c(C#N)c1=O. The van der Waals surface area contributed by atoms with Crippen LogP contribution in [0.4, 0.5) is 5.82 Å². The van der Waals surface area contributed by atoms with Crippen molar-refractivity contribution >= 4 is 46.1 Å². The number of nitrogens with zero attached hydrogens (tertiary/aromatic N) is 4. The number of hydrogen-bond acceptors (Lipinski definition) is 6. The van der Waals surface area contributed by atoms with Crippen molar-refractivity contribution < 1.29 is 4.79 Å². The Hall–Kier alpha value is -2.89. The monoisotopic (exact) mass is 492 g/mol. The van der Waals surface area contributed by atoms with Crippen molar-refractivity contribution in [2.45, 2.75) is 46.7 Å². The van der Waals surface area contributed by atoms with E-state index < -0.39 is 0 Å². The number of rotatable bonds is 5. The Morgan fingerprint density at radius 1 is 1.21 bits per heavy atom. The zero-order chi connectivity index (χ0) is 24.4. The van der Waals surface area contributed by atoms with Gasteiger partial charge in [0.1, 0.15) is 21.8 Å². The fourth-order valence-electron chi connectivity index (χ4n) is 4.53. The molecule has 1 amide bonds. The van der Waals surface area contributed by atoms with E-state index in [1.807, 2.05) is 43.3 Å². The Balaban J connectivity index is 1.80. The van der Waals surface area contributed by atoms with Gasteiger partial charge in [0.2, 0.25) is 0 Å². The molecule has 6 nitrogen and oxygen atoms in total. The second kappa shape index (κ2) is 10.2. The van der Waals surface area contributed by atoms with Crippen LogP contribution in [0.25, 0.3) is 6.08 Å². The maximum Gasteiger partial charge on any atom is 0.270 e. The molecule has 34 heavy (non-hydrogen) atoms. The Kier molecular flexibility index (Phi) is 7.24. The molecule has 0 unspecified atom stereocenters. The van der Waals surface area contributed by atoms with Crippen LogP contribution >= 0.6 is 24.0 Å². The summed E-state index contributed by atoms with van der Waals surface area (Å²) in [4.78, 5) is 30.8. The molecule has 0 atom stereocenters. The highest BCUT2D eigenvalue weighted by Gasteiger charge is 2.33. The molecule has 0 saturated carbocycles. The van der Waals surface area contributed by atoms with Gasteiger partial charge in [-0.2, -0.15) is 5.26 Å². The average molecular weight is 493 g/mol. The first-order valence-electron chi connectivity index (χ1n) is 11.6. The third kappa shape index (κ3) is 4.55. The van der Waals surface area contributed by atoms with Crippen LogP contribution in [-0.4, -0.2) is 32.8 Å². The van der Waals surface area contributed by atoms with E-state index in [2.05, 4.69) is 17.9 Å². The summed E-state index contributed by atoms with van der Waals surface area (Å²) in [5.74, 6) is 1.28. The van der Waals surface area contributed by atoms with Crippen LogP contribution in [0.5, 0.6) is 0 Å². The van der Waals surface area contributed by atoms with E-state index in [0.29, 0.717) is 33.8 Å². The molecule has 1 aromatic carbocycles. The lowest BCUT2D eigenvalue weighted by atomic mass is 9.97. The Labute approximate surface area is 209 Å². The molecule has 0 aliphatic carbocycles. The summed E-state index contributed by atoms with van der Waals surface area (Å²) in [6.07, 6.45) is 3.91. The van der Waals surface area contributed by atoms with Gasteiger partial charge in [-0.15, -0.1) is 0 Å². The van der Waals surface area contributed by atoms with Gasteiger partial charge >= 0.3 is 0 Å². The van der Waals surface area contributed by atoms with Crippen molar-refractivity contribution in [2.24, 2.45) is 5.92 Å². The van der Waals surface area contributed by atoms with E-state index in [9.17, 15) is 14.9 Å². The van der Waals surface area contributed by atoms with Crippen LogP contribution in [0.3, 0.4) is 0 Å². The molecule has 4 rings (SSSR count). The van der Waals surface area contributed by atoms with Gasteiger partial charge < -0.3 is 4.90 Å². The van der Waals surface area contributed by atoms with Gasteiger partial charge in [0.15, 0.2) is 0 Å². The van der Waals surface area contributed by atoms with Crippen LogP contribution in [0.1, 0.15) is 48.9 Å². The van der Waals surface area contributed by atoms with Gasteiger partial charge in [-0.3, -0.25) is 19.1 Å². The highest BCUT2D eigenvalue weighted by atomic mass is 32.2. The van der Waals surface area contributed by atoms with E-state index >= 15 is 0 Å².